The molecule has 0 spiro atoms. The zero-order valence-corrected chi connectivity index (χ0v) is 15.2. The topological polar surface area (TPSA) is 51.6 Å². The number of hydrogen-bond donors (Lipinski definition) is 1. The standard InChI is InChI=1S/C17H17F3N2O2.C2H6/c1-22-7-5-13(21)16-12(6-8-24-16)15(22)11-4-3-10(17(18,19)20)9-14(11)23-2;1-2/h3-6,8-9,15H,7,21H2,1-2H3;1-2H3. The van der Waals surface area contributed by atoms with Crippen LogP contribution in [0.25, 0.3) is 5.70 Å². The first-order valence-corrected chi connectivity index (χ1v) is 8.31. The van der Waals surface area contributed by atoms with Gasteiger partial charge in [-0.2, -0.15) is 13.2 Å². The predicted octanol–water partition coefficient (Wildman–Crippen LogP) is 4.67. The number of ether oxygens (including phenoxy) is 1. The summed E-state index contributed by atoms with van der Waals surface area (Å²) >= 11 is 0. The molecule has 1 aromatic heterocycles. The normalized spacial score (nSPS) is 17.5. The summed E-state index contributed by atoms with van der Waals surface area (Å²) in [5.41, 5.74) is 7.19. The fourth-order valence-corrected chi connectivity index (χ4v) is 2.97. The third kappa shape index (κ3) is 3.72. The van der Waals surface area contributed by atoms with E-state index in [1.807, 2.05) is 31.9 Å². The first-order valence-electron chi connectivity index (χ1n) is 8.31. The number of benzene rings is 1. The number of fused-ring (bicyclic) bond motifs is 1. The second kappa shape index (κ2) is 7.86. The summed E-state index contributed by atoms with van der Waals surface area (Å²) in [6.07, 6.45) is -1.08. The molecule has 7 heteroatoms. The Kier molecular flexibility index (Phi) is 6.02. The highest BCUT2D eigenvalue weighted by Gasteiger charge is 2.34. The van der Waals surface area contributed by atoms with Crippen LogP contribution in [0.2, 0.25) is 0 Å². The first-order chi connectivity index (χ1) is 12.3. The van der Waals surface area contributed by atoms with Gasteiger partial charge < -0.3 is 14.9 Å². The highest BCUT2D eigenvalue weighted by molar-refractivity contribution is 5.64. The lowest BCUT2D eigenvalue weighted by molar-refractivity contribution is -0.137. The number of nitrogens with two attached hydrogens (primary N) is 1. The van der Waals surface area contributed by atoms with Gasteiger partial charge in [0.15, 0.2) is 5.76 Å². The molecule has 2 heterocycles. The fraction of sp³-hybridized carbons (Fsp3) is 0.368. The number of hydrogen-bond acceptors (Lipinski definition) is 4. The minimum absolute atomic E-state index is 0.175. The molecule has 1 atom stereocenters. The van der Waals surface area contributed by atoms with Gasteiger partial charge >= 0.3 is 6.18 Å². The van der Waals surface area contributed by atoms with Crippen LogP contribution in [0.3, 0.4) is 0 Å². The number of furan rings is 1. The number of alkyl halides is 3. The smallest absolute Gasteiger partial charge is 0.416 e. The molecule has 142 valence electrons. The monoisotopic (exact) mass is 368 g/mol. The number of halogens is 3. The van der Waals surface area contributed by atoms with Crippen molar-refractivity contribution >= 4 is 5.70 Å². The number of nitrogens with zero attached hydrogens (tertiary/aromatic N) is 1. The van der Waals surface area contributed by atoms with Crippen molar-refractivity contribution in [1.29, 1.82) is 0 Å². The molecule has 26 heavy (non-hydrogen) atoms. The third-order valence-corrected chi connectivity index (χ3v) is 4.15. The van der Waals surface area contributed by atoms with Crippen molar-refractivity contribution in [2.24, 2.45) is 5.73 Å². The van der Waals surface area contributed by atoms with Gasteiger partial charge in [-0.3, -0.25) is 4.90 Å². The van der Waals surface area contributed by atoms with E-state index < -0.39 is 11.7 Å². The van der Waals surface area contributed by atoms with Crippen molar-refractivity contribution in [2.75, 3.05) is 20.7 Å². The molecule has 3 rings (SSSR count). The molecule has 0 amide bonds. The summed E-state index contributed by atoms with van der Waals surface area (Å²) in [6, 6.07) is 4.98. The summed E-state index contributed by atoms with van der Waals surface area (Å²) in [5.74, 6) is 0.709. The summed E-state index contributed by atoms with van der Waals surface area (Å²) in [4.78, 5) is 1.97. The Bertz CT molecular complexity index is 781. The quantitative estimate of drug-likeness (QED) is 0.837. The van der Waals surface area contributed by atoms with Crippen LogP contribution in [0, 0.1) is 0 Å². The van der Waals surface area contributed by atoms with E-state index in [1.54, 1.807) is 6.07 Å². The molecule has 0 radical (unpaired) electrons. The van der Waals surface area contributed by atoms with Crippen LogP contribution in [0.1, 0.15) is 42.3 Å². The highest BCUT2D eigenvalue weighted by Crippen LogP contribution is 2.41. The van der Waals surface area contributed by atoms with Crippen LogP contribution < -0.4 is 10.5 Å². The van der Waals surface area contributed by atoms with E-state index in [-0.39, 0.29) is 11.8 Å². The van der Waals surface area contributed by atoms with E-state index in [0.717, 1.165) is 17.7 Å². The molecule has 2 N–H and O–H groups in total. The average Bonchev–Trinajstić information content (AvgIpc) is 3.06. The van der Waals surface area contributed by atoms with E-state index in [0.29, 0.717) is 23.6 Å². The van der Waals surface area contributed by atoms with Gasteiger partial charge in [-0.25, -0.2) is 0 Å². The molecule has 1 unspecified atom stereocenters. The van der Waals surface area contributed by atoms with Crippen molar-refractivity contribution in [3.8, 4) is 5.75 Å². The molecule has 0 saturated carbocycles. The van der Waals surface area contributed by atoms with Gasteiger partial charge in [-0.1, -0.05) is 19.9 Å². The maximum atomic E-state index is 13.0. The number of likely N-dealkylation sites (N-methyl/N-ethyl adjacent to an activating group) is 1. The minimum atomic E-state index is -4.42. The molecule has 1 aliphatic rings. The fourth-order valence-electron chi connectivity index (χ4n) is 2.97. The first kappa shape index (κ1) is 19.9. The molecule has 0 fully saturated rings. The van der Waals surface area contributed by atoms with Crippen LogP contribution in [0.5, 0.6) is 5.75 Å². The van der Waals surface area contributed by atoms with E-state index in [2.05, 4.69) is 0 Å². The number of rotatable bonds is 2. The van der Waals surface area contributed by atoms with Gasteiger partial charge in [-0.05, 0) is 31.3 Å². The van der Waals surface area contributed by atoms with Crippen molar-refractivity contribution in [3.63, 3.8) is 0 Å². The van der Waals surface area contributed by atoms with Crippen molar-refractivity contribution in [2.45, 2.75) is 26.1 Å². The van der Waals surface area contributed by atoms with Crippen molar-refractivity contribution < 1.29 is 22.3 Å². The summed E-state index contributed by atoms with van der Waals surface area (Å²) in [7, 11) is 3.23. The van der Waals surface area contributed by atoms with Gasteiger partial charge in [0, 0.05) is 17.7 Å². The van der Waals surface area contributed by atoms with Gasteiger partial charge in [0.2, 0.25) is 0 Å². The minimum Gasteiger partial charge on any atom is -0.496 e. The zero-order valence-electron chi connectivity index (χ0n) is 15.2. The zero-order chi connectivity index (χ0) is 19.5. The SMILES string of the molecule is CC.COc1cc(C(F)(F)F)ccc1C1c2ccoc2C(N)=CCN1C. The Morgan fingerprint density at radius 1 is 1.19 bits per heavy atom. The Balaban J connectivity index is 0.00000117. The van der Waals surface area contributed by atoms with Crippen molar-refractivity contribution in [3.05, 3.63) is 59.1 Å². The predicted molar refractivity (Wildman–Crippen MR) is 94.7 cm³/mol. The van der Waals surface area contributed by atoms with Crippen LogP contribution in [-0.2, 0) is 6.18 Å². The van der Waals surface area contributed by atoms with E-state index in [1.165, 1.54) is 19.4 Å². The molecule has 4 nitrogen and oxygen atoms in total. The molecular weight excluding hydrogens is 345 g/mol. The van der Waals surface area contributed by atoms with Gasteiger partial charge in [0.05, 0.1) is 30.7 Å². The van der Waals surface area contributed by atoms with E-state index in [4.69, 9.17) is 14.9 Å². The maximum absolute atomic E-state index is 13.0. The third-order valence-electron chi connectivity index (χ3n) is 4.15. The highest BCUT2D eigenvalue weighted by atomic mass is 19.4. The molecule has 0 saturated heterocycles. The second-order valence-corrected chi connectivity index (χ2v) is 5.66. The lowest BCUT2D eigenvalue weighted by atomic mass is 9.95. The van der Waals surface area contributed by atoms with Crippen LogP contribution >= 0.6 is 0 Å². The average molecular weight is 368 g/mol. The van der Waals surface area contributed by atoms with Gasteiger partial charge in [-0.15, -0.1) is 0 Å². The Morgan fingerprint density at radius 3 is 2.50 bits per heavy atom. The molecule has 0 bridgehead atoms. The Hall–Kier alpha value is -2.41. The molecule has 1 aromatic carbocycles. The molecular formula is C19H23F3N2O2. The lowest BCUT2D eigenvalue weighted by Crippen LogP contribution is -2.25. The Morgan fingerprint density at radius 2 is 1.88 bits per heavy atom. The Labute approximate surface area is 151 Å². The maximum Gasteiger partial charge on any atom is 0.416 e. The van der Waals surface area contributed by atoms with E-state index in [9.17, 15) is 13.2 Å². The molecule has 1 aliphatic heterocycles. The summed E-state index contributed by atoms with van der Waals surface area (Å²) < 4.78 is 49.6. The van der Waals surface area contributed by atoms with Crippen LogP contribution in [0.4, 0.5) is 13.2 Å². The number of methoxy groups -OCH3 is 1. The van der Waals surface area contributed by atoms with Gasteiger partial charge in [0.1, 0.15) is 5.75 Å². The molecule has 2 aromatic rings. The van der Waals surface area contributed by atoms with Crippen molar-refractivity contribution in [1.82, 2.24) is 4.90 Å². The van der Waals surface area contributed by atoms with Crippen LogP contribution in [0.15, 0.2) is 41.0 Å². The van der Waals surface area contributed by atoms with E-state index >= 15 is 0 Å². The molecule has 0 aliphatic carbocycles. The van der Waals surface area contributed by atoms with Crippen LogP contribution in [-0.4, -0.2) is 25.6 Å². The lowest BCUT2D eigenvalue weighted by Gasteiger charge is -2.27. The summed E-state index contributed by atoms with van der Waals surface area (Å²) in [5, 5.41) is 0. The largest absolute Gasteiger partial charge is 0.496 e. The van der Waals surface area contributed by atoms with Gasteiger partial charge in [0.25, 0.3) is 0 Å². The summed E-state index contributed by atoms with van der Waals surface area (Å²) in [6.45, 7) is 4.53. The second-order valence-electron chi connectivity index (χ2n) is 5.66.